The summed E-state index contributed by atoms with van der Waals surface area (Å²) >= 11 is 3.33. The summed E-state index contributed by atoms with van der Waals surface area (Å²) in [6.45, 7) is 2.18. The highest BCUT2D eigenvalue weighted by atomic mass is 79.9. The Hall–Kier alpha value is -1.69. The standard InChI is InChI=1S/C15H14BrN3O2/c1-2-21-15(20)13-11-6-8-5-10(8)14(11)19(18-13)9-3-4-12(16)17-7-9/h3-4,7-8,10H,2,5-6H2,1H3/t8-,10-/m1/s1. The smallest absolute Gasteiger partial charge is 0.359 e. The maximum atomic E-state index is 12.1. The van der Waals surface area contributed by atoms with Crippen LogP contribution in [0.4, 0.5) is 0 Å². The third kappa shape index (κ3) is 2.00. The molecule has 6 heteroatoms. The molecule has 0 aliphatic heterocycles. The second-order valence-corrected chi connectivity index (χ2v) is 6.30. The van der Waals surface area contributed by atoms with Gasteiger partial charge in [-0.1, -0.05) is 0 Å². The van der Waals surface area contributed by atoms with E-state index in [2.05, 4.69) is 26.0 Å². The number of rotatable bonds is 3. The van der Waals surface area contributed by atoms with Crippen LogP contribution in [0, 0.1) is 5.92 Å². The minimum atomic E-state index is -0.320. The molecule has 0 aromatic carbocycles. The summed E-state index contributed by atoms with van der Waals surface area (Å²) in [6, 6.07) is 3.84. The highest BCUT2D eigenvalue weighted by molar-refractivity contribution is 9.10. The van der Waals surface area contributed by atoms with E-state index in [0.29, 0.717) is 24.1 Å². The molecule has 0 unspecified atom stereocenters. The minimum Gasteiger partial charge on any atom is -0.461 e. The van der Waals surface area contributed by atoms with E-state index >= 15 is 0 Å². The van der Waals surface area contributed by atoms with Crippen molar-refractivity contribution >= 4 is 21.9 Å². The van der Waals surface area contributed by atoms with E-state index in [0.717, 1.165) is 22.3 Å². The van der Waals surface area contributed by atoms with Crippen LogP contribution in [0.25, 0.3) is 5.69 Å². The van der Waals surface area contributed by atoms with Crippen molar-refractivity contribution in [3.63, 3.8) is 0 Å². The van der Waals surface area contributed by atoms with Gasteiger partial charge in [-0.25, -0.2) is 14.5 Å². The molecule has 2 aromatic rings. The fourth-order valence-electron chi connectivity index (χ4n) is 3.17. The first-order valence-corrected chi connectivity index (χ1v) is 7.89. The second-order valence-electron chi connectivity index (χ2n) is 5.49. The van der Waals surface area contributed by atoms with Crippen LogP contribution >= 0.6 is 15.9 Å². The molecule has 2 aliphatic carbocycles. The van der Waals surface area contributed by atoms with Crippen molar-refractivity contribution in [1.29, 1.82) is 0 Å². The molecule has 0 spiro atoms. The zero-order chi connectivity index (χ0) is 14.6. The van der Waals surface area contributed by atoms with Gasteiger partial charge in [0.05, 0.1) is 24.2 Å². The molecule has 4 rings (SSSR count). The largest absolute Gasteiger partial charge is 0.461 e. The van der Waals surface area contributed by atoms with E-state index in [9.17, 15) is 4.79 Å². The first-order chi connectivity index (χ1) is 10.2. The number of aromatic nitrogens is 3. The number of esters is 1. The molecule has 108 valence electrons. The molecule has 0 radical (unpaired) electrons. The number of hydrogen-bond donors (Lipinski definition) is 0. The van der Waals surface area contributed by atoms with Gasteiger partial charge in [0, 0.05) is 11.5 Å². The summed E-state index contributed by atoms with van der Waals surface area (Å²) < 4.78 is 7.79. The molecule has 0 N–H and O–H groups in total. The number of pyridine rings is 1. The molecular weight excluding hydrogens is 334 g/mol. The average molecular weight is 348 g/mol. The number of hydrogen-bond acceptors (Lipinski definition) is 4. The van der Waals surface area contributed by atoms with Gasteiger partial charge in [-0.15, -0.1) is 0 Å². The Morgan fingerprint density at radius 3 is 3.10 bits per heavy atom. The SMILES string of the molecule is CCOC(=O)c1nn(-c2ccc(Br)nc2)c2c1C[C@H]1C[C@@H]21. The summed E-state index contributed by atoms with van der Waals surface area (Å²) in [5.41, 5.74) is 3.60. The Morgan fingerprint density at radius 1 is 1.52 bits per heavy atom. The van der Waals surface area contributed by atoms with E-state index in [-0.39, 0.29) is 5.97 Å². The van der Waals surface area contributed by atoms with Crippen molar-refractivity contribution in [2.45, 2.75) is 25.7 Å². The van der Waals surface area contributed by atoms with Gasteiger partial charge in [0.2, 0.25) is 0 Å². The van der Waals surface area contributed by atoms with Gasteiger partial charge in [0.15, 0.2) is 5.69 Å². The fraction of sp³-hybridized carbons (Fsp3) is 0.400. The topological polar surface area (TPSA) is 57.0 Å². The molecule has 21 heavy (non-hydrogen) atoms. The first kappa shape index (κ1) is 13.0. The highest BCUT2D eigenvalue weighted by Gasteiger charge is 2.50. The van der Waals surface area contributed by atoms with Crippen LogP contribution in [0.5, 0.6) is 0 Å². The van der Waals surface area contributed by atoms with Gasteiger partial charge in [0.25, 0.3) is 0 Å². The molecule has 2 aliphatic rings. The van der Waals surface area contributed by atoms with E-state index in [1.165, 1.54) is 12.1 Å². The molecule has 0 bridgehead atoms. The molecule has 1 saturated carbocycles. The maximum Gasteiger partial charge on any atom is 0.359 e. The lowest BCUT2D eigenvalue weighted by Gasteiger charge is -2.05. The quantitative estimate of drug-likeness (QED) is 0.632. The number of carbonyl (C=O) groups is 1. The Morgan fingerprint density at radius 2 is 2.38 bits per heavy atom. The van der Waals surface area contributed by atoms with Crippen molar-refractivity contribution in [3.05, 3.63) is 39.9 Å². The lowest BCUT2D eigenvalue weighted by molar-refractivity contribution is 0.0517. The number of carbonyl (C=O) groups excluding carboxylic acids is 1. The number of ether oxygens (including phenoxy) is 1. The van der Waals surface area contributed by atoms with Gasteiger partial charge >= 0.3 is 5.97 Å². The third-order valence-corrected chi connectivity index (χ3v) is 4.66. The number of halogens is 1. The van der Waals surface area contributed by atoms with Gasteiger partial charge in [-0.3, -0.25) is 0 Å². The Labute approximate surface area is 130 Å². The van der Waals surface area contributed by atoms with Crippen LogP contribution in [-0.2, 0) is 11.2 Å². The lowest BCUT2D eigenvalue weighted by Crippen LogP contribution is -2.09. The van der Waals surface area contributed by atoms with Crippen molar-refractivity contribution in [2.24, 2.45) is 5.92 Å². The predicted octanol–water partition coefficient (Wildman–Crippen LogP) is 2.87. The zero-order valence-corrected chi connectivity index (χ0v) is 13.1. The summed E-state index contributed by atoms with van der Waals surface area (Å²) in [7, 11) is 0. The average Bonchev–Trinajstić information content (AvgIpc) is 2.98. The van der Waals surface area contributed by atoms with Gasteiger partial charge in [0.1, 0.15) is 4.60 Å². The summed E-state index contributed by atoms with van der Waals surface area (Å²) in [6.07, 6.45) is 3.91. The van der Waals surface area contributed by atoms with Crippen LogP contribution in [-0.4, -0.2) is 27.3 Å². The molecule has 0 amide bonds. The van der Waals surface area contributed by atoms with Gasteiger partial charge in [-0.2, -0.15) is 5.10 Å². The number of nitrogens with zero attached hydrogens (tertiary/aromatic N) is 3. The molecule has 2 atom stereocenters. The van der Waals surface area contributed by atoms with E-state index < -0.39 is 0 Å². The minimum absolute atomic E-state index is 0.320. The Kier molecular flexibility index (Phi) is 2.89. The van der Waals surface area contributed by atoms with Crippen LogP contribution in [0.15, 0.2) is 22.9 Å². The summed E-state index contributed by atoms with van der Waals surface area (Å²) in [5, 5.41) is 4.51. The van der Waals surface area contributed by atoms with E-state index in [1.807, 2.05) is 23.7 Å². The maximum absolute atomic E-state index is 12.1. The Balaban J connectivity index is 1.82. The van der Waals surface area contributed by atoms with Gasteiger partial charge in [-0.05, 0) is 53.7 Å². The van der Waals surface area contributed by atoms with Crippen LogP contribution in [0.1, 0.15) is 41.0 Å². The predicted molar refractivity (Wildman–Crippen MR) is 79.6 cm³/mol. The molecular formula is C15H14BrN3O2. The van der Waals surface area contributed by atoms with Crippen LogP contribution < -0.4 is 0 Å². The summed E-state index contributed by atoms with van der Waals surface area (Å²) in [4.78, 5) is 16.4. The van der Waals surface area contributed by atoms with Crippen molar-refractivity contribution in [2.75, 3.05) is 6.61 Å². The summed E-state index contributed by atoms with van der Waals surface area (Å²) in [5.74, 6) is 0.902. The molecule has 2 heterocycles. The first-order valence-electron chi connectivity index (χ1n) is 7.10. The number of fused-ring (bicyclic) bond motifs is 3. The normalized spacial score (nSPS) is 21.8. The lowest BCUT2D eigenvalue weighted by atomic mass is 10.1. The van der Waals surface area contributed by atoms with Crippen molar-refractivity contribution in [1.82, 2.24) is 14.8 Å². The molecule has 0 saturated heterocycles. The van der Waals surface area contributed by atoms with Crippen LogP contribution in [0.2, 0.25) is 0 Å². The van der Waals surface area contributed by atoms with Gasteiger partial charge < -0.3 is 4.74 Å². The second kappa shape index (κ2) is 4.66. The van der Waals surface area contributed by atoms with Crippen molar-refractivity contribution < 1.29 is 9.53 Å². The fourth-order valence-corrected chi connectivity index (χ4v) is 3.40. The monoisotopic (exact) mass is 347 g/mol. The van der Waals surface area contributed by atoms with Crippen molar-refractivity contribution in [3.8, 4) is 5.69 Å². The van der Waals surface area contributed by atoms with E-state index in [4.69, 9.17) is 4.74 Å². The molecule has 5 nitrogen and oxygen atoms in total. The molecule has 2 aromatic heterocycles. The highest BCUT2D eigenvalue weighted by Crippen LogP contribution is 2.57. The third-order valence-electron chi connectivity index (χ3n) is 4.19. The van der Waals surface area contributed by atoms with E-state index in [1.54, 1.807) is 6.20 Å². The zero-order valence-electron chi connectivity index (χ0n) is 11.5. The van der Waals surface area contributed by atoms with Crippen LogP contribution in [0.3, 0.4) is 0 Å². The Bertz CT molecular complexity index is 723. The molecule has 1 fully saturated rings.